The van der Waals surface area contributed by atoms with E-state index in [4.69, 9.17) is 0 Å². The van der Waals surface area contributed by atoms with Crippen LogP contribution in [0.15, 0.2) is 29.1 Å². The van der Waals surface area contributed by atoms with E-state index in [1.807, 2.05) is 6.07 Å². The quantitative estimate of drug-likeness (QED) is 0.904. The molecule has 0 spiro atoms. The molecule has 24 heavy (non-hydrogen) atoms. The number of carbonyl (C=O) groups excluding carboxylic acids is 1. The molecule has 1 amide bonds. The predicted octanol–water partition coefficient (Wildman–Crippen LogP) is 1.54. The monoisotopic (exact) mass is 328 g/mol. The summed E-state index contributed by atoms with van der Waals surface area (Å²) in [5.74, 6) is -0.223. The number of likely N-dealkylation sites (tertiary alicyclic amines) is 1. The lowest BCUT2D eigenvalue weighted by atomic mass is 10.1. The van der Waals surface area contributed by atoms with Crippen molar-refractivity contribution in [1.82, 2.24) is 20.0 Å². The number of hydrogen-bond acceptors (Lipinski definition) is 4. The van der Waals surface area contributed by atoms with Crippen LogP contribution in [0, 0.1) is 0 Å². The van der Waals surface area contributed by atoms with Crippen LogP contribution in [0.4, 0.5) is 0 Å². The van der Waals surface area contributed by atoms with Crippen LogP contribution in [0.3, 0.4) is 0 Å². The highest BCUT2D eigenvalue weighted by Crippen LogP contribution is 2.15. The van der Waals surface area contributed by atoms with Crippen LogP contribution in [0.1, 0.15) is 36.7 Å². The van der Waals surface area contributed by atoms with Crippen molar-refractivity contribution in [3.63, 3.8) is 0 Å². The molecular formula is C18H24N4O2. The molecule has 3 rings (SSSR count). The summed E-state index contributed by atoms with van der Waals surface area (Å²) >= 11 is 0. The first kappa shape index (κ1) is 16.6. The van der Waals surface area contributed by atoms with Gasteiger partial charge in [-0.05, 0) is 38.4 Å². The summed E-state index contributed by atoms with van der Waals surface area (Å²) in [6.45, 7) is 4.97. The lowest BCUT2D eigenvalue weighted by Gasteiger charge is -2.26. The molecule has 1 aliphatic rings. The molecule has 1 aromatic heterocycles. The van der Waals surface area contributed by atoms with E-state index in [0.717, 1.165) is 19.5 Å². The van der Waals surface area contributed by atoms with Gasteiger partial charge in [-0.1, -0.05) is 25.1 Å². The third kappa shape index (κ3) is 3.19. The van der Waals surface area contributed by atoms with Gasteiger partial charge in [0.25, 0.3) is 11.5 Å². The van der Waals surface area contributed by atoms with E-state index < -0.39 is 0 Å². The number of aromatic nitrogens is 2. The van der Waals surface area contributed by atoms with E-state index >= 15 is 0 Å². The molecule has 6 heteroatoms. The molecule has 1 N–H and O–H groups in total. The van der Waals surface area contributed by atoms with Crippen molar-refractivity contribution >= 4 is 16.7 Å². The Morgan fingerprint density at radius 1 is 1.25 bits per heavy atom. The van der Waals surface area contributed by atoms with Crippen molar-refractivity contribution in [3.8, 4) is 0 Å². The molecule has 2 heterocycles. The molecule has 1 aromatic carbocycles. The Bertz CT molecular complexity index is 793. The zero-order valence-electron chi connectivity index (χ0n) is 14.3. The van der Waals surface area contributed by atoms with Gasteiger partial charge in [-0.25, -0.2) is 4.68 Å². The van der Waals surface area contributed by atoms with E-state index in [0.29, 0.717) is 29.1 Å². The van der Waals surface area contributed by atoms with Crippen molar-refractivity contribution in [2.45, 2.75) is 32.2 Å². The summed E-state index contributed by atoms with van der Waals surface area (Å²) in [7, 11) is 1.57. The van der Waals surface area contributed by atoms with Crippen molar-refractivity contribution in [1.29, 1.82) is 0 Å². The highest BCUT2D eigenvalue weighted by Gasteiger charge is 2.22. The topological polar surface area (TPSA) is 67.2 Å². The molecule has 1 fully saturated rings. The number of rotatable bonds is 5. The molecule has 0 unspecified atom stereocenters. The highest BCUT2D eigenvalue weighted by molar-refractivity contribution is 6.04. The lowest BCUT2D eigenvalue weighted by Crippen LogP contribution is -2.42. The predicted molar refractivity (Wildman–Crippen MR) is 94.2 cm³/mol. The molecule has 0 bridgehead atoms. The van der Waals surface area contributed by atoms with Crippen molar-refractivity contribution in [2.75, 3.05) is 19.6 Å². The summed E-state index contributed by atoms with van der Waals surface area (Å²) in [6, 6.07) is 7.48. The molecule has 0 saturated carbocycles. The molecule has 0 radical (unpaired) electrons. The number of fused-ring (bicyclic) bond motifs is 1. The second-order valence-corrected chi connectivity index (χ2v) is 6.34. The lowest BCUT2D eigenvalue weighted by molar-refractivity contribution is 0.0932. The van der Waals surface area contributed by atoms with E-state index in [1.165, 1.54) is 17.5 Å². The molecule has 2 aromatic rings. The molecule has 0 aliphatic carbocycles. The maximum atomic E-state index is 12.6. The van der Waals surface area contributed by atoms with E-state index in [2.05, 4.69) is 22.2 Å². The van der Waals surface area contributed by atoms with Crippen LogP contribution < -0.4 is 10.9 Å². The minimum absolute atomic E-state index is 0.189. The molecule has 6 nitrogen and oxygen atoms in total. The standard InChI is InChI=1S/C18H24N4O2/c1-3-13(22-10-6-7-11-22)12-19-17(23)16-14-8-4-5-9-15(14)18(24)21(2)20-16/h4-5,8-9,13H,3,6-7,10-12H2,1-2H3,(H,19,23)/t13-/m1/s1. The number of amides is 1. The summed E-state index contributed by atoms with van der Waals surface area (Å²) in [4.78, 5) is 27.2. The summed E-state index contributed by atoms with van der Waals surface area (Å²) < 4.78 is 1.23. The second kappa shape index (κ2) is 7.13. The Labute approximate surface area is 141 Å². The van der Waals surface area contributed by atoms with Crippen LogP contribution in [0.5, 0.6) is 0 Å². The Hall–Kier alpha value is -2.21. The Kier molecular flexibility index (Phi) is 4.94. The maximum Gasteiger partial charge on any atom is 0.274 e. The normalized spacial score (nSPS) is 16.4. The van der Waals surface area contributed by atoms with Crippen molar-refractivity contribution in [2.24, 2.45) is 7.05 Å². The van der Waals surface area contributed by atoms with Gasteiger partial charge in [-0.2, -0.15) is 5.10 Å². The number of carbonyl (C=O) groups is 1. The van der Waals surface area contributed by atoms with Crippen LogP contribution in [0.25, 0.3) is 10.8 Å². The zero-order chi connectivity index (χ0) is 17.1. The van der Waals surface area contributed by atoms with Crippen LogP contribution in [-0.2, 0) is 7.05 Å². The molecule has 1 atom stereocenters. The summed E-state index contributed by atoms with van der Waals surface area (Å²) in [5, 5.41) is 8.31. The summed E-state index contributed by atoms with van der Waals surface area (Å²) in [6.07, 6.45) is 3.47. The fourth-order valence-corrected chi connectivity index (χ4v) is 3.40. The fourth-order valence-electron chi connectivity index (χ4n) is 3.40. The maximum absolute atomic E-state index is 12.6. The molecule has 1 aliphatic heterocycles. The smallest absolute Gasteiger partial charge is 0.274 e. The zero-order valence-corrected chi connectivity index (χ0v) is 14.3. The number of nitrogens with one attached hydrogen (secondary N) is 1. The second-order valence-electron chi connectivity index (χ2n) is 6.34. The van der Waals surface area contributed by atoms with Gasteiger partial charge in [0.1, 0.15) is 0 Å². The third-order valence-electron chi connectivity index (χ3n) is 4.80. The first-order valence-corrected chi connectivity index (χ1v) is 8.60. The SMILES string of the molecule is CC[C@H](CNC(=O)c1nn(C)c(=O)c2ccccc12)N1CCCC1. The van der Waals surface area contributed by atoms with Gasteiger partial charge < -0.3 is 5.32 Å². The molecular weight excluding hydrogens is 304 g/mol. The summed E-state index contributed by atoms with van der Waals surface area (Å²) in [5.41, 5.74) is 0.120. The number of benzene rings is 1. The van der Waals surface area contributed by atoms with E-state index in [9.17, 15) is 9.59 Å². The van der Waals surface area contributed by atoms with Gasteiger partial charge in [-0.3, -0.25) is 14.5 Å². The van der Waals surface area contributed by atoms with E-state index in [1.54, 1.807) is 25.2 Å². The first-order valence-electron chi connectivity index (χ1n) is 8.60. The van der Waals surface area contributed by atoms with Gasteiger partial charge in [0.2, 0.25) is 0 Å². The molecule has 128 valence electrons. The van der Waals surface area contributed by atoms with Gasteiger partial charge in [0, 0.05) is 25.0 Å². The number of hydrogen-bond donors (Lipinski definition) is 1. The molecule has 1 saturated heterocycles. The van der Waals surface area contributed by atoms with Crippen molar-refractivity contribution < 1.29 is 4.79 Å². The fraction of sp³-hybridized carbons (Fsp3) is 0.500. The average molecular weight is 328 g/mol. The van der Waals surface area contributed by atoms with Crippen LogP contribution in [-0.4, -0.2) is 46.3 Å². The van der Waals surface area contributed by atoms with Crippen molar-refractivity contribution in [3.05, 3.63) is 40.3 Å². The Balaban J connectivity index is 1.81. The third-order valence-corrected chi connectivity index (χ3v) is 4.80. The average Bonchev–Trinajstić information content (AvgIpc) is 3.13. The van der Waals surface area contributed by atoms with Crippen LogP contribution >= 0.6 is 0 Å². The minimum atomic E-state index is -0.223. The Morgan fingerprint density at radius 3 is 2.58 bits per heavy atom. The highest BCUT2D eigenvalue weighted by atomic mass is 16.2. The number of aryl methyl sites for hydroxylation is 1. The minimum Gasteiger partial charge on any atom is -0.349 e. The van der Waals surface area contributed by atoms with Gasteiger partial charge in [-0.15, -0.1) is 0 Å². The van der Waals surface area contributed by atoms with Gasteiger partial charge in [0.05, 0.1) is 5.39 Å². The van der Waals surface area contributed by atoms with Crippen LogP contribution in [0.2, 0.25) is 0 Å². The largest absolute Gasteiger partial charge is 0.349 e. The first-order chi connectivity index (χ1) is 11.6. The van der Waals surface area contributed by atoms with Gasteiger partial charge >= 0.3 is 0 Å². The Morgan fingerprint density at radius 2 is 1.92 bits per heavy atom. The van der Waals surface area contributed by atoms with Gasteiger partial charge in [0.15, 0.2) is 5.69 Å². The number of nitrogens with zero attached hydrogens (tertiary/aromatic N) is 3. The van der Waals surface area contributed by atoms with E-state index in [-0.39, 0.29) is 11.5 Å².